The molecule has 7 nitrogen and oxygen atoms in total. The number of imidazole rings is 1. The molecule has 0 atom stereocenters. The Morgan fingerprint density at radius 2 is 2.08 bits per heavy atom. The molecule has 0 aliphatic carbocycles. The maximum Gasteiger partial charge on any atom is 0.320 e. The van der Waals surface area contributed by atoms with Crippen molar-refractivity contribution in [1.29, 1.82) is 0 Å². The van der Waals surface area contributed by atoms with Gasteiger partial charge in [-0.2, -0.15) is 0 Å². The maximum atomic E-state index is 11.7. The third kappa shape index (κ3) is 3.14. The fourth-order valence-corrected chi connectivity index (χ4v) is 2.81. The first-order chi connectivity index (χ1) is 12.7. The van der Waals surface area contributed by atoms with Crippen LogP contribution in [0.2, 0.25) is 0 Å². The van der Waals surface area contributed by atoms with E-state index in [2.05, 4.69) is 25.9 Å². The summed E-state index contributed by atoms with van der Waals surface area (Å²) in [5, 5.41) is 10.8. The van der Waals surface area contributed by atoms with Crippen LogP contribution in [-0.2, 0) is 0 Å². The second-order valence-electron chi connectivity index (χ2n) is 5.81. The van der Waals surface area contributed by atoms with Crippen LogP contribution >= 0.6 is 0 Å². The highest BCUT2D eigenvalue weighted by Crippen LogP contribution is 2.27. The molecule has 0 radical (unpaired) electrons. The summed E-state index contributed by atoms with van der Waals surface area (Å²) in [5.74, 6) is 0.513. The Kier molecular flexibility index (Phi) is 4.10. The lowest BCUT2D eigenvalue weighted by Gasteiger charge is -2.11. The highest BCUT2D eigenvalue weighted by Gasteiger charge is 2.06. The van der Waals surface area contributed by atoms with Gasteiger partial charge in [0.2, 0.25) is 0 Å². The monoisotopic (exact) mass is 346 g/mol. The van der Waals surface area contributed by atoms with Gasteiger partial charge in [-0.25, -0.2) is 14.8 Å². The number of amides is 2. The van der Waals surface area contributed by atoms with E-state index in [4.69, 9.17) is 0 Å². The second kappa shape index (κ2) is 6.72. The number of anilines is 3. The van der Waals surface area contributed by atoms with E-state index >= 15 is 0 Å². The Morgan fingerprint density at radius 3 is 2.96 bits per heavy atom. The van der Waals surface area contributed by atoms with Crippen LogP contribution in [0.15, 0.2) is 61.2 Å². The molecule has 4 rings (SSSR count). The van der Waals surface area contributed by atoms with Crippen LogP contribution in [0.3, 0.4) is 0 Å². The fourth-order valence-electron chi connectivity index (χ4n) is 2.81. The molecular formula is C19H18N6O. The highest BCUT2D eigenvalue weighted by atomic mass is 16.2. The summed E-state index contributed by atoms with van der Waals surface area (Å²) in [6.07, 6.45) is 7.39. The van der Waals surface area contributed by atoms with Crippen LogP contribution < -0.4 is 16.0 Å². The van der Waals surface area contributed by atoms with Crippen LogP contribution in [-0.4, -0.2) is 26.9 Å². The third-order valence-corrected chi connectivity index (χ3v) is 4.02. The van der Waals surface area contributed by atoms with Gasteiger partial charge in [0.05, 0.1) is 0 Å². The molecule has 0 saturated heterocycles. The number of pyridine rings is 2. The van der Waals surface area contributed by atoms with Crippen molar-refractivity contribution < 1.29 is 4.79 Å². The van der Waals surface area contributed by atoms with Crippen LogP contribution in [0.5, 0.6) is 0 Å². The summed E-state index contributed by atoms with van der Waals surface area (Å²) in [4.78, 5) is 20.3. The zero-order valence-electron chi connectivity index (χ0n) is 14.2. The Balaban J connectivity index is 1.63. The standard InChI is InChI=1S/C19H18N6O/c1-2-20-19(26)24-17-10-13-4-3-5-16(15(13)12-22-17)23-14-6-8-25-9-7-21-18(25)11-14/h3-12,23H,2H2,1H3,(H2,20,22,24,26). The summed E-state index contributed by atoms with van der Waals surface area (Å²) < 4.78 is 1.95. The number of urea groups is 1. The predicted molar refractivity (Wildman–Crippen MR) is 103 cm³/mol. The lowest BCUT2D eigenvalue weighted by molar-refractivity contribution is 0.252. The van der Waals surface area contributed by atoms with E-state index in [9.17, 15) is 4.79 Å². The molecule has 2 amide bonds. The van der Waals surface area contributed by atoms with Gasteiger partial charge in [-0.15, -0.1) is 0 Å². The Bertz CT molecular complexity index is 1090. The first-order valence-electron chi connectivity index (χ1n) is 8.36. The number of nitrogens with one attached hydrogen (secondary N) is 3. The molecule has 3 N–H and O–H groups in total. The van der Waals surface area contributed by atoms with Crippen molar-refractivity contribution in [3.05, 3.63) is 61.2 Å². The topological polar surface area (TPSA) is 83.4 Å². The molecule has 0 fully saturated rings. The SMILES string of the molecule is CCNC(=O)Nc1cc2cccc(Nc3ccn4ccnc4c3)c2cn1. The summed E-state index contributed by atoms with van der Waals surface area (Å²) >= 11 is 0. The number of aromatic nitrogens is 3. The Morgan fingerprint density at radius 1 is 1.15 bits per heavy atom. The van der Waals surface area contributed by atoms with Gasteiger partial charge in [-0.05, 0) is 30.5 Å². The van der Waals surface area contributed by atoms with Gasteiger partial charge >= 0.3 is 6.03 Å². The van der Waals surface area contributed by atoms with E-state index in [1.54, 1.807) is 12.4 Å². The number of carbonyl (C=O) groups excluding carboxylic acids is 1. The van der Waals surface area contributed by atoms with Crippen molar-refractivity contribution in [2.75, 3.05) is 17.2 Å². The summed E-state index contributed by atoms with van der Waals surface area (Å²) in [5.41, 5.74) is 2.76. The molecule has 0 saturated carbocycles. The van der Waals surface area contributed by atoms with E-state index < -0.39 is 0 Å². The van der Waals surface area contributed by atoms with Gasteiger partial charge in [-0.3, -0.25) is 5.32 Å². The van der Waals surface area contributed by atoms with Crippen molar-refractivity contribution in [1.82, 2.24) is 19.7 Å². The van der Waals surface area contributed by atoms with Crippen molar-refractivity contribution in [2.45, 2.75) is 6.92 Å². The highest BCUT2D eigenvalue weighted by molar-refractivity contribution is 5.97. The minimum Gasteiger partial charge on any atom is -0.355 e. The van der Waals surface area contributed by atoms with Crippen molar-refractivity contribution in [3.63, 3.8) is 0 Å². The van der Waals surface area contributed by atoms with Gasteiger partial charge < -0.3 is 15.0 Å². The molecule has 3 aromatic heterocycles. The van der Waals surface area contributed by atoms with E-state index in [-0.39, 0.29) is 6.03 Å². The number of nitrogens with zero attached hydrogens (tertiary/aromatic N) is 3. The van der Waals surface area contributed by atoms with Crippen LogP contribution in [0.25, 0.3) is 16.4 Å². The van der Waals surface area contributed by atoms with E-state index in [0.29, 0.717) is 12.4 Å². The van der Waals surface area contributed by atoms with Crippen molar-refractivity contribution >= 4 is 39.6 Å². The molecule has 1 aromatic carbocycles. The van der Waals surface area contributed by atoms with Gasteiger partial charge in [0.15, 0.2) is 0 Å². The number of hydrogen-bond acceptors (Lipinski definition) is 4. The van der Waals surface area contributed by atoms with E-state index in [1.807, 2.05) is 60.1 Å². The summed E-state index contributed by atoms with van der Waals surface area (Å²) in [7, 11) is 0. The van der Waals surface area contributed by atoms with E-state index in [1.165, 1.54) is 0 Å². The second-order valence-corrected chi connectivity index (χ2v) is 5.81. The molecule has 0 spiro atoms. The molecule has 4 aromatic rings. The Labute approximate surface area is 150 Å². The van der Waals surface area contributed by atoms with Crippen molar-refractivity contribution in [2.24, 2.45) is 0 Å². The zero-order valence-corrected chi connectivity index (χ0v) is 14.2. The molecule has 3 heterocycles. The number of carbonyl (C=O) groups is 1. The quantitative estimate of drug-likeness (QED) is 0.525. The van der Waals surface area contributed by atoms with Crippen LogP contribution in [0, 0.1) is 0 Å². The molecule has 0 aliphatic rings. The minimum absolute atomic E-state index is 0.262. The summed E-state index contributed by atoms with van der Waals surface area (Å²) in [6.45, 7) is 2.43. The Hall–Kier alpha value is -3.61. The zero-order chi connectivity index (χ0) is 17.9. The molecule has 7 heteroatoms. The lowest BCUT2D eigenvalue weighted by atomic mass is 10.1. The molecule has 0 unspecified atom stereocenters. The smallest absolute Gasteiger partial charge is 0.320 e. The first kappa shape index (κ1) is 15.9. The van der Waals surface area contributed by atoms with Crippen LogP contribution in [0.1, 0.15) is 6.92 Å². The number of benzene rings is 1. The molecule has 0 aliphatic heterocycles. The third-order valence-electron chi connectivity index (χ3n) is 4.02. The van der Waals surface area contributed by atoms with Gasteiger partial charge in [0.25, 0.3) is 0 Å². The largest absolute Gasteiger partial charge is 0.355 e. The van der Waals surface area contributed by atoms with Gasteiger partial charge in [0.1, 0.15) is 11.5 Å². The van der Waals surface area contributed by atoms with Gasteiger partial charge in [0, 0.05) is 54.2 Å². The molecule has 130 valence electrons. The first-order valence-corrected chi connectivity index (χ1v) is 8.36. The average Bonchev–Trinajstić information content (AvgIpc) is 3.10. The molecule has 0 bridgehead atoms. The molecule has 26 heavy (non-hydrogen) atoms. The predicted octanol–water partition coefficient (Wildman–Crippen LogP) is 3.77. The van der Waals surface area contributed by atoms with E-state index in [0.717, 1.165) is 27.8 Å². The van der Waals surface area contributed by atoms with Crippen LogP contribution in [0.4, 0.5) is 22.0 Å². The normalized spacial score (nSPS) is 10.8. The lowest BCUT2D eigenvalue weighted by Crippen LogP contribution is -2.28. The number of fused-ring (bicyclic) bond motifs is 2. The van der Waals surface area contributed by atoms with Crippen molar-refractivity contribution in [3.8, 4) is 0 Å². The average molecular weight is 346 g/mol. The minimum atomic E-state index is -0.262. The van der Waals surface area contributed by atoms with Gasteiger partial charge in [-0.1, -0.05) is 12.1 Å². The molecular weight excluding hydrogens is 328 g/mol. The number of hydrogen-bond donors (Lipinski definition) is 3. The fraction of sp³-hybridized carbons (Fsp3) is 0.105. The summed E-state index contributed by atoms with van der Waals surface area (Å²) in [6, 6.07) is 11.5. The number of rotatable bonds is 4. The maximum absolute atomic E-state index is 11.7.